The van der Waals surface area contributed by atoms with Crippen LogP contribution in [0.5, 0.6) is 5.75 Å². The molecule has 0 saturated heterocycles. The van der Waals surface area contributed by atoms with Crippen LogP contribution in [0.1, 0.15) is 17.0 Å². The summed E-state index contributed by atoms with van der Waals surface area (Å²) in [4.78, 5) is 1.36. The van der Waals surface area contributed by atoms with Crippen molar-refractivity contribution in [3.05, 3.63) is 59.7 Å². The van der Waals surface area contributed by atoms with Crippen molar-refractivity contribution in [2.45, 2.75) is 10.8 Å². The maximum absolute atomic E-state index is 8.86. The highest BCUT2D eigenvalue weighted by molar-refractivity contribution is 7.99. The molecule has 3 heteroatoms. The zero-order valence-electron chi connectivity index (χ0n) is 10.4. The van der Waals surface area contributed by atoms with E-state index < -0.39 is 0 Å². The number of benzene rings is 2. The van der Waals surface area contributed by atoms with E-state index in [-0.39, 0.29) is 0 Å². The topological polar surface area (TPSA) is 33.0 Å². The predicted molar refractivity (Wildman–Crippen MR) is 76.6 cm³/mol. The van der Waals surface area contributed by atoms with Crippen LogP contribution in [-0.2, 0) is 0 Å². The summed E-state index contributed by atoms with van der Waals surface area (Å²) in [7, 11) is 0. The first-order valence-corrected chi connectivity index (χ1v) is 7.20. The van der Waals surface area contributed by atoms with Gasteiger partial charge in [-0.25, -0.2) is 0 Å². The summed E-state index contributed by atoms with van der Waals surface area (Å²) in [5.41, 5.74) is 2.02. The molecule has 1 unspecified atom stereocenters. The zero-order chi connectivity index (χ0) is 13.1. The summed E-state index contributed by atoms with van der Waals surface area (Å²) < 4.78 is 5.82. The molecule has 1 aliphatic heterocycles. The average molecular weight is 267 g/mol. The quantitative estimate of drug-likeness (QED) is 0.847. The number of rotatable bonds is 3. The number of nitrogens with zero attached hydrogens (tertiary/aromatic N) is 1. The van der Waals surface area contributed by atoms with Crippen molar-refractivity contribution in [2.75, 3.05) is 12.4 Å². The molecule has 1 atom stereocenters. The first-order chi connectivity index (χ1) is 9.36. The molecule has 0 aliphatic carbocycles. The SMILES string of the molecule is N#Cc1cccc(OCC2CSc3ccccc32)c1. The third-order valence-corrected chi connectivity index (χ3v) is 4.47. The van der Waals surface area contributed by atoms with E-state index in [1.54, 1.807) is 12.1 Å². The Morgan fingerprint density at radius 2 is 2.11 bits per heavy atom. The van der Waals surface area contributed by atoms with Crippen LogP contribution in [0.3, 0.4) is 0 Å². The summed E-state index contributed by atoms with van der Waals surface area (Å²) >= 11 is 1.89. The largest absolute Gasteiger partial charge is 0.493 e. The van der Waals surface area contributed by atoms with Crippen LogP contribution < -0.4 is 4.74 Å². The fourth-order valence-electron chi connectivity index (χ4n) is 2.22. The molecule has 0 N–H and O–H groups in total. The van der Waals surface area contributed by atoms with E-state index >= 15 is 0 Å². The highest BCUT2D eigenvalue weighted by atomic mass is 32.2. The fourth-order valence-corrected chi connectivity index (χ4v) is 3.45. The fraction of sp³-hybridized carbons (Fsp3) is 0.188. The van der Waals surface area contributed by atoms with Gasteiger partial charge in [-0.15, -0.1) is 11.8 Å². The number of hydrogen-bond acceptors (Lipinski definition) is 3. The Hall–Kier alpha value is -1.92. The molecule has 3 rings (SSSR count). The van der Waals surface area contributed by atoms with Crippen LogP contribution in [0.15, 0.2) is 53.4 Å². The van der Waals surface area contributed by atoms with Gasteiger partial charge >= 0.3 is 0 Å². The van der Waals surface area contributed by atoms with Crippen LogP contribution in [0.2, 0.25) is 0 Å². The Morgan fingerprint density at radius 3 is 3.00 bits per heavy atom. The maximum Gasteiger partial charge on any atom is 0.120 e. The second-order valence-electron chi connectivity index (χ2n) is 4.50. The normalized spacial score (nSPS) is 16.7. The summed E-state index contributed by atoms with van der Waals surface area (Å²) in [6.45, 7) is 0.666. The highest BCUT2D eigenvalue weighted by Crippen LogP contribution is 2.39. The van der Waals surface area contributed by atoms with E-state index in [1.807, 2.05) is 23.9 Å². The highest BCUT2D eigenvalue weighted by Gasteiger charge is 2.23. The Morgan fingerprint density at radius 1 is 1.21 bits per heavy atom. The first kappa shape index (κ1) is 12.1. The van der Waals surface area contributed by atoms with E-state index in [1.165, 1.54) is 10.5 Å². The van der Waals surface area contributed by atoms with E-state index in [9.17, 15) is 0 Å². The lowest BCUT2D eigenvalue weighted by Gasteiger charge is -2.12. The second kappa shape index (κ2) is 5.38. The Labute approximate surface area is 117 Å². The van der Waals surface area contributed by atoms with Gasteiger partial charge < -0.3 is 4.74 Å². The molecule has 0 amide bonds. The van der Waals surface area contributed by atoms with Crippen molar-refractivity contribution in [1.29, 1.82) is 5.26 Å². The van der Waals surface area contributed by atoms with Crippen molar-refractivity contribution in [1.82, 2.24) is 0 Å². The summed E-state index contributed by atoms with van der Waals surface area (Å²) in [6.07, 6.45) is 0. The lowest BCUT2D eigenvalue weighted by molar-refractivity contribution is 0.298. The van der Waals surface area contributed by atoms with Gasteiger partial charge in [-0.2, -0.15) is 5.26 Å². The minimum Gasteiger partial charge on any atom is -0.493 e. The van der Waals surface area contributed by atoms with Gasteiger partial charge in [0.05, 0.1) is 18.2 Å². The van der Waals surface area contributed by atoms with Crippen molar-refractivity contribution >= 4 is 11.8 Å². The van der Waals surface area contributed by atoms with E-state index in [0.717, 1.165) is 11.5 Å². The van der Waals surface area contributed by atoms with Crippen LogP contribution in [-0.4, -0.2) is 12.4 Å². The van der Waals surface area contributed by atoms with Gasteiger partial charge in [-0.05, 0) is 29.8 Å². The molecule has 0 aromatic heterocycles. The van der Waals surface area contributed by atoms with Gasteiger partial charge in [0.2, 0.25) is 0 Å². The summed E-state index contributed by atoms with van der Waals surface area (Å²) in [5, 5.41) is 8.86. The third-order valence-electron chi connectivity index (χ3n) is 3.21. The minimum absolute atomic E-state index is 0.437. The first-order valence-electron chi connectivity index (χ1n) is 6.21. The van der Waals surface area contributed by atoms with Gasteiger partial charge in [0.15, 0.2) is 0 Å². The van der Waals surface area contributed by atoms with Crippen molar-refractivity contribution in [2.24, 2.45) is 0 Å². The molecule has 0 fully saturated rings. The van der Waals surface area contributed by atoms with E-state index in [2.05, 4.69) is 30.3 Å². The van der Waals surface area contributed by atoms with Gasteiger partial charge in [0.25, 0.3) is 0 Å². The van der Waals surface area contributed by atoms with Gasteiger partial charge in [-0.3, -0.25) is 0 Å². The van der Waals surface area contributed by atoms with Crippen molar-refractivity contribution in [3.63, 3.8) is 0 Å². The Bertz CT molecular complexity index is 633. The molecule has 1 heterocycles. The standard InChI is InChI=1S/C16H13NOS/c17-9-12-4-3-5-14(8-12)18-10-13-11-19-16-7-2-1-6-15(13)16/h1-8,13H,10-11H2. The van der Waals surface area contributed by atoms with E-state index in [4.69, 9.17) is 10.00 Å². The molecule has 0 saturated carbocycles. The second-order valence-corrected chi connectivity index (χ2v) is 5.56. The van der Waals surface area contributed by atoms with E-state index in [0.29, 0.717) is 18.1 Å². The van der Waals surface area contributed by atoms with Crippen LogP contribution >= 0.6 is 11.8 Å². The number of ether oxygens (including phenoxy) is 1. The zero-order valence-corrected chi connectivity index (χ0v) is 11.2. The molecule has 0 spiro atoms. The molecule has 0 radical (unpaired) electrons. The van der Waals surface area contributed by atoms with Crippen molar-refractivity contribution in [3.8, 4) is 11.8 Å². The lowest BCUT2D eigenvalue weighted by Crippen LogP contribution is -2.09. The molecule has 0 bridgehead atoms. The number of nitriles is 1. The van der Waals surface area contributed by atoms with Gasteiger partial charge in [0.1, 0.15) is 5.75 Å². The molecule has 2 aromatic carbocycles. The average Bonchev–Trinajstić information content (AvgIpc) is 2.89. The monoisotopic (exact) mass is 267 g/mol. The third kappa shape index (κ3) is 2.59. The van der Waals surface area contributed by atoms with Crippen LogP contribution in [0.25, 0.3) is 0 Å². The molecule has 2 nitrogen and oxygen atoms in total. The maximum atomic E-state index is 8.86. The molecule has 1 aliphatic rings. The lowest BCUT2D eigenvalue weighted by atomic mass is 10.0. The number of hydrogen-bond donors (Lipinski definition) is 0. The molecule has 2 aromatic rings. The van der Waals surface area contributed by atoms with Gasteiger partial charge in [0, 0.05) is 16.6 Å². The number of thioether (sulfide) groups is 1. The van der Waals surface area contributed by atoms with Crippen LogP contribution in [0.4, 0.5) is 0 Å². The summed E-state index contributed by atoms with van der Waals surface area (Å²) in [6, 6.07) is 17.9. The number of fused-ring (bicyclic) bond motifs is 1. The van der Waals surface area contributed by atoms with Crippen LogP contribution in [0, 0.1) is 11.3 Å². The summed E-state index contributed by atoms with van der Waals surface area (Å²) in [5.74, 6) is 2.28. The molecule has 19 heavy (non-hydrogen) atoms. The van der Waals surface area contributed by atoms with Crippen molar-refractivity contribution < 1.29 is 4.74 Å². The smallest absolute Gasteiger partial charge is 0.120 e. The molecule has 94 valence electrons. The van der Waals surface area contributed by atoms with Gasteiger partial charge in [-0.1, -0.05) is 24.3 Å². The Balaban J connectivity index is 1.69. The predicted octanol–water partition coefficient (Wildman–Crippen LogP) is 3.83. The Kier molecular flexibility index (Phi) is 3.43. The minimum atomic E-state index is 0.437. The molecular formula is C16H13NOS. The molecular weight excluding hydrogens is 254 g/mol.